The molecule has 1 aliphatic heterocycles. The molecular weight excluding hydrogens is 220 g/mol. The molecule has 0 radical (unpaired) electrons. The predicted octanol–water partition coefficient (Wildman–Crippen LogP) is 1.32. The molecule has 17 heavy (non-hydrogen) atoms. The largest absolute Gasteiger partial charge is 0.406 e. The summed E-state index contributed by atoms with van der Waals surface area (Å²) in [6, 6.07) is 0.218. The molecule has 3 unspecified atom stereocenters. The van der Waals surface area contributed by atoms with Gasteiger partial charge in [-0.25, -0.2) is 0 Å². The van der Waals surface area contributed by atoms with Gasteiger partial charge in [-0.15, -0.1) is 5.10 Å². The van der Waals surface area contributed by atoms with Crippen molar-refractivity contribution in [2.24, 2.45) is 11.7 Å². The average Bonchev–Trinajstić information content (AvgIpc) is 2.95. The Morgan fingerprint density at radius 3 is 3.00 bits per heavy atom. The minimum Gasteiger partial charge on any atom is -0.406 e. The van der Waals surface area contributed by atoms with Crippen LogP contribution in [0.3, 0.4) is 0 Å². The van der Waals surface area contributed by atoms with Crippen molar-refractivity contribution in [3.8, 4) is 0 Å². The molecule has 6 heteroatoms. The van der Waals surface area contributed by atoms with Crippen LogP contribution in [-0.4, -0.2) is 29.5 Å². The highest BCUT2D eigenvalue weighted by Crippen LogP contribution is 2.23. The summed E-state index contributed by atoms with van der Waals surface area (Å²) in [6.07, 6.45) is 2.47. The molecule has 1 saturated heterocycles. The van der Waals surface area contributed by atoms with Crippen molar-refractivity contribution in [1.29, 1.82) is 0 Å². The summed E-state index contributed by atoms with van der Waals surface area (Å²) >= 11 is 0. The van der Waals surface area contributed by atoms with Gasteiger partial charge in [0.2, 0.25) is 5.89 Å². The Hall–Kier alpha value is -1.14. The molecule has 1 aliphatic rings. The molecule has 6 nitrogen and oxygen atoms in total. The third-order valence-corrected chi connectivity index (χ3v) is 3.09. The standard InChI is InChI=1S/C11H20N4O2/c1-3-9-8(4-5-16-9)6-13-11-15-14-10(17-11)7(2)12/h7-9H,3-6,12H2,1-2H3,(H,13,15). The average molecular weight is 240 g/mol. The Bertz CT molecular complexity index is 353. The molecule has 3 atom stereocenters. The molecule has 0 amide bonds. The van der Waals surface area contributed by atoms with Crippen molar-refractivity contribution < 1.29 is 9.15 Å². The van der Waals surface area contributed by atoms with Gasteiger partial charge in [-0.05, 0) is 19.8 Å². The maximum Gasteiger partial charge on any atom is 0.315 e. The minimum absolute atomic E-state index is 0.226. The highest BCUT2D eigenvalue weighted by Gasteiger charge is 2.26. The molecule has 0 bridgehead atoms. The van der Waals surface area contributed by atoms with Crippen LogP contribution in [0.15, 0.2) is 4.42 Å². The topological polar surface area (TPSA) is 86.2 Å². The summed E-state index contributed by atoms with van der Waals surface area (Å²) in [5, 5.41) is 10.9. The van der Waals surface area contributed by atoms with Crippen LogP contribution < -0.4 is 11.1 Å². The molecule has 0 aliphatic carbocycles. The van der Waals surface area contributed by atoms with Crippen molar-refractivity contribution in [1.82, 2.24) is 10.2 Å². The van der Waals surface area contributed by atoms with Crippen LogP contribution in [-0.2, 0) is 4.74 Å². The van der Waals surface area contributed by atoms with E-state index in [1.54, 1.807) is 0 Å². The van der Waals surface area contributed by atoms with Crippen LogP contribution >= 0.6 is 0 Å². The molecule has 1 fully saturated rings. The first-order valence-electron chi connectivity index (χ1n) is 6.15. The Morgan fingerprint density at radius 1 is 1.53 bits per heavy atom. The lowest BCUT2D eigenvalue weighted by Gasteiger charge is -2.16. The van der Waals surface area contributed by atoms with E-state index in [1.807, 2.05) is 6.92 Å². The zero-order valence-corrected chi connectivity index (χ0v) is 10.3. The lowest BCUT2D eigenvalue weighted by Crippen LogP contribution is -2.22. The summed E-state index contributed by atoms with van der Waals surface area (Å²) in [6.45, 7) is 5.61. The number of nitrogens with zero attached hydrogens (tertiary/aromatic N) is 2. The predicted molar refractivity (Wildman–Crippen MR) is 63.5 cm³/mol. The summed E-state index contributed by atoms with van der Waals surface area (Å²) in [5.41, 5.74) is 5.64. The van der Waals surface area contributed by atoms with E-state index in [0.717, 1.165) is 26.0 Å². The number of rotatable bonds is 5. The first-order chi connectivity index (χ1) is 8.20. The van der Waals surface area contributed by atoms with E-state index in [9.17, 15) is 0 Å². The fourth-order valence-corrected chi connectivity index (χ4v) is 2.09. The fraction of sp³-hybridized carbons (Fsp3) is 0.818. The smallest absolute Gasteiger partial charge is 0.315 e. The molecule has 3 N–H and O–H groups in total. The third-order valence-electron chi connectivity index (χ3n) is 3.09. The molecular formula is C11H20N4O2. The number of aromatic nitrogens is 2. The van der Waals surface area contributed by atoms with E-state index in [4.69, 9.17) is 14.9 Å². The summed E-state index contributed by atoms with van der Waals surface area (Å²) in [4.78, 5) is 0. The molecule has 0 spiro atoms. The fourth-order valence-electron chi connectivity index (χ4n) is 2.09. The van der Waals surface area contributed by atoms with Crippen molar-refractivity contribution >= 4 is 6.01 Å². The number of hydrogen-bond donors (Lipinski definition) is 2. The van der Waals surface area contributed by atoms with Gasteiger partial charge in [0.25, 0.3) is 0 Å². The van der Waals surface area contributed by atoms with Crippen molar-refractivity contribution in [3.63, 3.8) is 0 Å². The van der Waals surface area contributed by atoms with E-state index >= 15 is 0 Å². The first kappa shape index (κ1) is 12.3. The van der Waals surface area contributed by atoms with Gasteiger partial charge >= 0.3 is 6.01 Å². The van der Waals surface area contributed by atoms with Crippen LogP contribution in [0.2, 0.25) is 0 Å². The molecule has 0 aromatic carbocycles. The number of nitrogens with one attached hydrogen (secondary N) is 1. The van der Waals surface area contributed by atoms with Crippen LogP contribution in [0.25, 0.3) is 0 Å². The molecule has 1 aromatic heterocycles. The number of hydrogen-bond acceptors (Lipinski definition) is 6. The monoisotopic (exact) mass is 240 g/mol. The van der Waals surface area contributed by atoms with Gasteiger partial charge in [-0.1, -0.05) is 12.0 Å². The number of ether oxygens (including phenoxy) is 1. The SMILES string of the molecule is CCC1OCCC1CNc1nnc(C(C)N)o1. The van der Waals surface area contributed by atoms with E-state index in [0.29, 0.717) is 23.9 Å². The van der Waals surface area contributed by atoms with Crippen LogP contribution in [0.5, 0.6) is 0 Å². The Balaban J connectivity index is 1.84. The van der Waals surface area contributed by atoms with Gasteiger partial charge in [0.1, 0.15) is 0 Å². The lowest BCUT2D eigenvalue weighted by atomic mass is 10.00. The minimum atomic E-state index is -0.226. The van der Waals surface area contributed by atoms with Crippen molar-refractivity contribution in [2.75, 3.05) is 18.5 Å². The zero-order valence-electron chi connectivity index (χ0n) is 10.3. The van der Waals surface area contributed by atoms with Gasteiger partial charge < -0.3 is 20.2 Å². The van der Waals surface area contributed by atoms with Gasteiger partial charge in [0.05, 0.1) is 12.1 Å². The highest BCUT2D eigenvalue weighted by atomic mass is 16.5. The maximum atomic E-state index is 5.64. The third kappa shape index (κ3) is 2.95. The van der Waals surface area contributed by atoms with Gasteiger partial charge in [-0.3, -0.25) is 0 Å². The van der Waals surface area contributed by atoms with E-state index in [2.05, 4.69) is 22.4 Å². The molecule has 96 valence electrons. The number of nitrogens with two attached hydrogens (primary N) is 1. The maximum absolute atomic E-state index is 5.64. The van der Waals surface area contributed by atoms with Crippen LogP contribution in [0, 0.1) is 5.92 Å². The summed E-state index contributed by atoms with van der Waals surface area (Å²) < 4.78 is 11.0. The normalized spacial score (nSPS) is 26.1. The van der Waals surface area contributed by atoms with Gasteiger partial charge in [-0.2, -0.15) is 0 Å². The van der Waals surface area contributed by atoms with Gasteiger partial charge in [0, 0.05) is 19.1 Å². The lowest BCUT2D eigenvalue weighted by molar-refractivity contribution is 0.0899. The first-order valence-corrected chi connectivity index (χ1v) is 6.15. The second-order valence-electron chi connectivity index (χ2n) is 4.48. The van der Waals surface area contributed by atoms with E-state index < -0.39 is 0 Å². The van der Waals surface area contributed by atoms with Crippen LogP contribution in [0.1, 0.15) is 38.6 Å². The van der Waals surface area contributed by atoms with Crippen molar-refractivity contribution in [3.05, 3.63) is 5.89 Å². The Morgan fingerprint density at radius 2 is 2.35 bits per heavy atom. The second kappa shape index (κ2) is 5.46. The Labute approximate surface area is 101 Å². The molecule has 1 aromatic rings. The van der Waals surface area contributed by atoms with E-state index in [-0.39, 0.29) is 6.04 Å². The van der Waals surface area contributed by atoms with Crippen molar-refractivity contribution in [2.45, 2.75) is 38.8 Å². The zero-order chi connectivity index (χ0) is 12.3. The van der Waals surface area contributed by atoms with Crippen LogP contribution in [0.4, 0.5) is 6.01 Å². The quantitative estimate of drug-likeness (QED) is 0.807. The molecule has 0 saturated carbocycles. The molecule has 2 heterocycles. The molecule has 2 rings (SSSR count). The van der Waals surface area contributed by atoms with Gasteiger partial charge in [0.15, 0.2) is 0 Å². The Kier molecular flexibility index (Phi) is 3.96. The summed E-state index contributed by atoms with van der Waals surface area (Å²) in [5.74, 6) is 0.980. The summed E-state index contributed by atoms with van der Waals surface area (Å²) in [7, 11) is 0. The number of anilines is 1. The second-order valence-corrected chi connectivity index (χ2v) is 4.48. The highest BCUT2D eigenvalue weighted by molar-refractivity contribution is 5.17. The van der Waals surface area contributed by atoms with E-state index in [1.165, 1.54) is 0 Å².